The van der Waals surface area contributed by atoms with Crippen molar-refractivity contribution in [3.05, 3.63) is 64.7 Å². The molecule has 0 fully saturated rings. The summed E-state index contributed by atoms with van der Waals surface area (Å²) in [7, 11) is 0. The van der Waals surface area contributed by atoms with Crippen LogP contribution in [0.25, 0.3) is 0 Å². The van der Waals surface area contributed by atoms with Gasteiger partial charge in [-0.3, -0.25) is 0 Å². The SMILES string of the molecule is CSc1ccc(Cl)c(C(=O)OCc2ccccc2)c1. The zero-order valence-electron chi connectivity index (χ0n) is 10.4. The highest BCUT2D eigenvalue weighted by Crippen LogP contribution is 2.23. The van der Waals surface area contributed by atoms with Gasteiger partial charge in [0.25, 0.3) is 0 Å². The predicted octanol–water partition coefficient (Wildman–Crippen LogP) is 4.42. The molecule has 98 valence electrons. The van der Waals surface area contributed by atoms with E-state index in [-0.39, 0.29) is 6.61 Å². The van der Waals surface area contributed by atoms with Crippen molar-refractivity contribution in [3.8, 4) is 0 Å². The fourth-order valence-electron chi connectivity index (χ4n) is 1.59. The van der Waals surface area contributed by atoms with Gasteiger partial charge in [-0.1, -0.05) is 41.9 Å². The van der Waals surface area contributed by atoms with Crippen LogP contribution < -0.4 is 0 Å². The van der Waals surface area contributed by atoms with Crippen LogP contribution in [-0.2, 0) is 11.3 Å². The lowest BCUT2D eigenvalue weighted by Gasteiger charge is -2.07. The summed E-state index contributed by atoms with van der Waals surface area (Å²) in [5.41, 5.74) is 1.36. The van der Waals surface area contributed by atoms with Gasteiger partial charge in [0.15, 0.2) is 0 Å². The third-order valence-electron chi connectivity index (χ3n) is 2.61. The molecule has 4 heteroatoms. The second-order valence-corrected chi connectivity index (χ2v) is 5.19. The van der Waals surface area contributed by atoms with Crippen LogP contribution in [0.3, 0.4) is 0 Å². The summed E-state index contributed by atoms with van der Waals surface area (Å²) in [4.78, 5) is 13.0. The highest BCUT2D eigenvalue weighted by molar-refractivity contribution is 7.98. The molecule has 0 aromatic heterocycles. The maximum atomic E-state index is 12.0. The monoisotopic (exact) mass is 292 g/mol. The highest BCUT2D eigenvalue weighted by Gasteiger charge is 2.12. The fraction of sp³-hybridized carbons (Fsp3) is 0.133. The van der Waals surface area contributed by atoms with Gasteiger partial charge in [-0.15, -0.1) is 11.8 Å². The molecule has 0 N–H and O–H groups in total. The Morgan fingerprint density at radius 2 is 1.95 bits per heavy atom. The van der Waals surface area contributed by atoms with Gasteiger partial charge in [0.1, 0.15) is 6.61 Å². The van der Waals surface area contributed by atoms with E-state index < -0.39 is 5.97 Å². The van der Waals surface area contributed by atoms with Crippen molar-refractivity contribution in [1.29, 1.82) is 0 Å². The van der Waals surface area contributed by atoms with Crippen molar-refractivity contribution in [2.75, 3.05) is 6.26 Å². The number of hydrogen-bond donors (Lipinski definition) is 0. The molecular formula is C15H13ClO2S. The molecule has 0 heterocycles. The van der Waals surface area contributed by atoms with Gasteiger partial charge in [-0.05, 0) is 30.0 Å². The lowest BCUT2D eigenvalue weighted by molar-refractivity contribution is 0.0472. The third-order valence-corrected chi connectivity index (χ3v) is 3.66. The number of carbonyl (C=O) groups excluding carboxylic acids is 1. The van der Waals surface area contributed by atoms with Crippen molar-refractivity contribution < 1.29 is 9.53 Å². The lowest BCUT2D eigenvalue weighted by atomic mass is 10.2. The molecule has 19 heavy (non-hydrogen) atoms. The normalized spacial score (nSPS) is 10.2. The van der Waals surface area contributed by atoms with Gasteiger partial charge in [-0.25, -0.2) is 4.79 Å². The first-order valence-electron chi connectivity index (χ1n) is 5.75. The summed E-state index contributed by atoms with van der Waals surface area (Å²) >= 11 is 7.58. The first-order chi connectivity index (χ1) is 9.20. The number of ether oxygens (including phenoxy) is 1. The minimum atomic E-state index is -0.398. The number of carbonyl (C=O) groups is 1. The van der Waals surface area contributed by atoms with Crippen LogP contribution in [0, 0.1) is 0 Å². The first kappa shape index (κ1) is 14.0. The molecule has 2 nitrogen and oxygen atoms in total. The van der Waals surface area contributed by atoms with E-state index in [1.54, 1.807) is 23.9 Å². The van der Waals surface area contributed by atoms with Gasteiger partial charge < -0.3 is 4.74 Å². The molecule has 0 spiro atoms. The van der Waals surface area contributed by atoms with E-state index in [0.717, 1.165) is 10.5 Å². The van der Waals surface area contributed by atoms with Crippen LogP contribution in [0.4, 0.5) is 0 Å². The number of esters is 1. The molecule has 2 aromatic carbocycles. The van der Waals surface area contributed by atoms with Crippen molar-refractivity contribution in [3.63, 3.8) is 0 Å². The minimum Gasteiger partial charge on any atom is -0.457 e. The molecule has 0 radical (unpaired) electrons. The molecule has 0 aliphatic heterocycles. The van der Waals surface area contributed by atoms with Crippen LogP contribution in [0.5, 0.6) is 0 Å². The van der Waals surface area contributed by atoms with Crippen molar-refractivity contribution in [1.82, 2.24) is 0 Å². The average molecular weight is 293 g/mol. The number of halogens is 1. The van der Waals surface area contributed by atoms with Gasteiger partial charge in [0.2, 0.25) is 0 Å². The zero-order valence-corrected chi connectivity index (χ0v) is 12.0. The molecule has 0 unspecified atom stereocenters. The Balaban J connectivity index is 2.08. The Bertz CT molecular complexity index is 570. The molecule has 0 saturated heterocycles. The molecule has 0 saturated carbocycles. The average Bonchev–Trinajstić information content (AvgIpc) is 2.46. The third kappa shape index (κ3) is 3.75. The largest absolute Gasteiger partial charge is 0.457 e. The predicted molar refractivity (Wildman–Crippen MR) is 78.8 cm³/mol. The molecule has 2 aromatic rings. The number of hydrogen-bond acceptors (Lipinski definition) is 3. The summed E-state index contributed by atoms with van der Waals surface area (Å²) in [5, 5.41) is 0.413. The highest BCUT2D eigenvalue weighted by atomic mass is 35.5. The van der Waals surface area contributed by atoms with E-state index >= 15 is 0 Å². The van der Waals surface area contributed by atoms with E-state index in [2.05, 4.69) is 0 Å². The maximum absolute atomic E-state index is 12.0. The standard InChI is InChI=1S/C15H13ClO2S/c1-19-12-7-8-14(16)13(9-12)15(17)18-10-11-5-3-2-4-6-11/h2-9H,10H2,1H3. The molecule has 0 bridgehead atoms. The summed E-state index contributed by atoms with van der Waals surface area (Å²) in [6.07, 6.45) is 1.95. The topological polar surface area (TPSA) is 26.3 Å². The second kappa shape index (κ2) is 6.64. The minimum absolute atomic E-state index is 0.250. The summed E-state index contributed by atoms with van der Waals surface area (Å²) in [6, 6.07) is 14.9. The van der Waals surface area contributed by atoms with Gasteiger partial charge >= 0.3 is 5.97 Å². The Morgan fingerprint density at radius 3 is 2.63 bits per heavy atom. The second-order valence-electron chi connectivity index (χ2n) is 3.91. The quantitative estimate of drug-likeness (QED) is 0.616. The fourth-order valence-corrected chi connectivity index (χ4v) is 2.22. The smallest absolute Gasteiger partial charge is 0.340 e. The first-order valence-corrected chi connectivity index (χ1v) is 7.35. The lowest BCUT2D eigenvalue weighted by Crippen LogP contribution is -2.06. The van der Waals surface area contributed by atoms with Gasteiger partial charge in [0, 0.05) is 4.90 Å². The summed E-state index contributed by atoms with van der Waals surface area (Å²) < 4.78 is 5.26. The molecule has 0 atom stereocenters. The van der Waals surface area contributed by atoms with Crippen molar-refractivity contribution in [2.24, 2.45) is 0 Å². The van der Waals surface area contributed by atoms with E-state index in [1.165, 1.54) is 0 Å². The van der Waals surface area contributed by atoms with Gasteiger partial charge in [-0.2, -0.15) is 0 Å². The van der Waals surface area contributed by atoms with Crippen molar-refractivity contribution >= 4 is 29.3 Å². The molecule has 0 aliphatic rings. The van der Waals surface area contributed by atoms with Crippen LogP contribution >= 0.6 is 23.4 Å². The summed E-state index contributed by atoms with van der Waals surface area (Å²) in [5.74, 6) is -0.398. The molecule has 0 aliphatic carbocycles. The number of thioether (sulfide) groups is 1. The van der Waals surface area contributed by atoms with E-state index in [0.29, 0.717) is 10.6 Å². The molecular weight excluding hydrogens is 280 g/mol. The molecule has 0 amide bonds. The van der Waals surface area contributed by atoms with E-state index in [4.69, 9.17) is 16.3 Å². The van der Waals surface area contributed by atoms with Crippen LogP contribution in [0.15, 0.2) is 53.4 Å². The Kier molecular flexibility index (Phi) is 4.88. The van der Waals surface area contributed by atoms with Crippen LogP contribution in [0.2, 0.25) is 5.02 Å². The maximum Gasteiger partial charge on any atom is 0.340 e. The van der Waals surface area contributed by atoms with Crippen molar-refractivity contribution in [2.45, 2.75) is 11.5 Å². The summed E-state index contributed by atoms with van der Waals surface area (Å²) in [6.45, 7) is 0.250. The Hall–Kier alpha value is -1.45. The Labute approximate surface area is 121 Å². The number of rotatable bonds is 4. The van der Waals surface area contributed by atoms with Crippen LogP contribution in [-0.4, -0.2) is 12.2 Å². The van der Waals surface area contributed by atoms with E-state index in [1.807, 2.05) is 42.7 Å². The van der Waals surface area contributed by atoms with Crippen LogP contribution in [0.1, 0.15) is 15.9 Å². The van der Waals surface area contributed by atoms with Gasteiger partial charge in [0.05, 0.1) is 10.6 Å². The van der Waals surface area contributed by atoms with E-state index in [9.17, 15) is 4.79 Å². The number of benzene rings is 2. The Morgan fingerprint density at radius 1 is 1.21 bits per heavy atom. The molecule has 2 rings (SSSR count). The zero-order chi connectivity index (χ0) is 13.7.